The van der Waals surface area contributed by atoms with Crippen molar-refractivity contribution in [1.29, 1.82) is 0 Å². The van der Waals surface area contributed by atoms with Crippen LogP contribution in [0.2, 0.25) is 0 Å². The molecule has 0 spiro atoms. The van der Waals surface area contributed by atoms with E-state index in [2.05, 4.69) is 22.5 Å². The highest BCUT2D eigenvalue weighted by Crippen LogP contribution is 2.10. The number of hydrogen-bond acceptors (Lipinski definition) is 5. The molecule has 1 aromatic heterocycles. The zero-order valence-electron chi connectivity index (χ0n) is 12.6. The average molecular weight is 293 g/mol. The second kappa shape index (κ2) is 7.95. The molecule has 6 nitrogen and oxygen atoms in total. The van der Waals surface area contributed by atoms with E-state index in [0.29, 0.717) is 31.9 Å². The number of nitrogens with one attached hydrogen (secondary N) is 2. The molecule has 1 aliphatic heterocycles. The zero-order valence-corrected chi connectivity index (χ0v) is 12.6. The van der Waals surface area contributed by atoms with E-state index >= 15 is 0 Å². The number of rotatable bonds is 6. The predicted octanol–water partition coefficient (Wildman–Crippen LogP) is 1.36. The van der Waals surface area contributed by atoms with Gasteiger partial charge in [-0.1, -0.05) is 6.92 Å². The van der Waals surface area contributed by atoms with Crippen LogP contribution in [-0.2, 0) is 9.47 Å². The number of pyridine rings is 1. The maximum atomic E-state index is 12.2. The number of hydrogen-bond donors (Lipinski definition) is 2. The molecule has 116 valence electrons. The standard InChI is InChI=1S/C15H23N3O3/c1-3-4-16-14-8-12(7-11(2)18-14)15(19)17-9-13-10-20-5-6-21-13/h7-8,13H,3-6,9-10H2,1-2H3,(H,16,18)(H,17,19). The van der Waals surface area contributed by atoms with Crippen LogP contribution in [0.4, 0.5) is 5.82 Å². The summed E-state index contributed by atoms with van der Waals surface area (Å²) < 4.78 is 10.8. The topological polar surface area (TPSA) is 72.5 Å². The van der Waals surface area contributed by atoms with E-state index in [-0.39, 0.29) is 12.0 Å². The van der Waals surface area contributed by atoms with Crippen molar-refractivity contribution in [3.63, 3.8) is 0 Å². The molecule has 1 unspecified atom stereocenters. The summed E-state index contributed by atoms with van der Waals surface area (Å²) in [5, 5.41) is 6.08. The van der Waals surface area contributed by atoms with Gasteiger partial charge in [-0.3, -0.25) is 4.79 Å². The fraction of sp³-hybridized carbons (Fsp3) is 0.600. The molecule has 1 amide bonds. The van der Waals surface area contributed by atoms with Gasteiger partial charge in [-0.25, -0.2) is 4.98 Å². The number of carbonyl (C=O) groups excluding carboxylic acids is 1. The van der Waals surface area contributed by atoms with Gasteiger partial charge in [0.05, 0.1) is 25.9 Å². The molecule has 1 saturated heterocycles. The van der Waals surface area contributed by atoms with Gasteiger partial charge >= 0.3 is 0 Å². The van der Waals surface area contributed by atoms with Crippen LogP contribution >= 0.6 is 0 Å². The van der Waals surface area contributed by atoms with Crippen molar-refractivity contribution < 1.29 is 14.3 Å². The fourth-order valence-electron chi connectivity index (χ4n) is 2.11. The highest BCUT2D eigenvalue weighted by molar-refractivity contribution is 5.95. The first kappa shape index (κ1) is 15.7. The van der Waals surface area contributed by atoms with Crippen LogP contribution in [-0.4, -0.2) is 49.9 Å². The molecule has 1 aliphatic rings. The molecule has 0 saturated carbocycles. The first-order chi connectivity index (χ1) is 10.2. The summed E-state index contributed by atoms with van der Waals surface area (Å²) in [6, 6.07) is 3.56. The quantitative estimate of drug-likeness (QED) is 0.828. The van der Waals surface area contributed by atoms with Gasteiger partial charge in [-0.2, -0.15) is 0 Å². The Labute approximate surface area is 125 Å². The van der Waals surface area contributed by atoms with Crippen LogP contribution in [0.15, 0.2) is 12.1 Å². The van der Waals surface area contributed by atoms with Gasteiger partial charge in [-0.05, 0) is 25.5 Å². The lowest BCUT2D eigenvalue weighted by atomic mass is 10.2. The van der Waals surface area contributed by atoms with Gasteiger partial charge in [0, 0.05) is 24.3 Å². The van der Waals surface area contributed by atoms with Gasteiger partial charge < -0.3 is 20.1 Å². The highest BCUT2D eigenvalue weighted by atomic mass is 16.6. The lowest BCUT2D eigenvalue weighted by molar-refractivity contribution is -0.0855. The van der Waals surface area contributed by atoms with E-state index in [1.54, 1.807) is 12.1 Å². The molecule has 0 aromatic carbocycles. The van der Waals surface area contributed by atoms with Crippen molar-refractivity contribution in [2.75, 3.05) is 38.2 Å². The molecule has 2 N–H and O–H groups in total. The first-order valence-electron chi connectivity index (χ1n) is 7.39. The van der Waals surface area contributed by atoms with Gasteiger partial charge in [0.25, 0.3) is 5.91 Å². The van der Waals surface area contributed by atoms with Crippen LogP contribution in [0, 0.1) is 6.92 Å². The maximum absolute atomic E-state index is 12.2. The summed E-state index contributed by atoms with van der Waals surface area (Å²) in [4.78, 5) is 16.6. The molecule has 2 rings (SSSR count). The number of anilines is 1. The van der Waals surface area contributed by atoms with E-state index in [9.17, 15) is 4.79 Å². The normalized spacial score (nSPS) is 18.3. The first-order valence-corrected chi connectivity index (χ1v) is 7.39. The van der Waals surface area contributed by atoms with Crippen LogP contribution < -0.4 is 10.6 Å². The number of ether oxygens (including phenoxy) is 2. The van der Waals surface area contributed by atoms with E-state index in [0.717, 1.165) is 24.5 Å². The van der Waals surface area contributed by atoms with Gasteiger partial charge in [0.2, 0.25) is 0 Å². The van der Waals surface area contributed by atoms with E-state index in [1.165, 1.54) is 0 Å². The summed E-state index contributed by atoms with van der Waals surface area (Å²) >= 11 is 0. The lowest BCUT2D eigenvalue weighted by Gasteiger charge is -2.23. The Balaban J connectivity index is 1.92. The van der Waals surface area contributed by atoms with Crippen molar-refractivity contribution in [2.24, 2.45) is 0 Å². The van der Waals surface area contributed by atoms with Gasteiger partial charge in [0.1, 0.15) is 5.82 Å². The number of carbonyl (C=O) groups is 1. The fourth-order valence-corrected chi connectivity index (χ4v) is 2.11. The van der Waals surface area contributed by atoms with Crippen molar-refractivity contribution in [1.82, 2.24) is 10.3 Å². The third kappa shape index (κ3) is 4.99. The molecule has 0 aliphatic carbocycles. The van der Waals surface area contributed by atoms with Crippen molar-refractivity contribution >= 4 is 11.7 Å². The Morgan fingerprint density at radius 3 is 3.00 bits per heavy atom. The molecular formula is C15H23N3O3. The smallest absolute Gasteiger partial charge is 0.251 e. The van der Waals surface area contributed by atoms with Crippen LogP contribution in [0.5, 0.6) is 0 Å². The summed E-state index contributed by atoms with van der Waals surface area (Å²) in [6.45, 7) is 7.00. The van der Waals surface area contributed by atoms with E-state index in [4.69, 9.17) is 9.47 Å². The summed E-state index contributed by atoms with van der Waals surface area (Å²) in [5.74, 6) is 0.619. The number of aryl methyl sites for hydroxylation is 1. The van der Waals surface area contributed by atoms with Crippen LogP contribution in [0.3, 0.4) is 0 Å². The Morgan fingerprint density at radius 1 is 1.43 bits per heavy atom. The third-order valence-electron chi connectivity index (χ3n) is 3.15. The monoisotopic (exact) mass is 293 g/mol. The molecule has 6 heteroatoms. The molecule has 0 radical (unpaired) electrons. The minimum atomic E-state index is -0.116. The number of aromatic nitrogens is 1. The maximum Gasteiger partial charge on any atom is 0.251 e. The molecule has 1 aromatic rings. The van der Waals surface area contributed by atoms with Crippen molar-refractivity contribution in [3.8, 4) is 0 Å². The Bertz CT molecular complexity index is 473. The average Bonchev–Trinajstić information content (AvgIpc) is 2.51. The Morgan fingerprint density at radius 2 is 2.29 bits per heavy atom. The zero-order chi connectivity index (χ0) is 15.1. The van der Waals surface area contributed by atoms with Crippen molar-refractivity contribution in [3.05, 3.63) is 23.4 Å². The van der Waals surface area contributed by atoms with Crippen LogP contribution in [0.1, 0.15) is 29.4 Å². The second-order valence-corrected chi connectivity index (χ2v) is 5.09. The largest absolute Gasteiger partial charge is 0.376 e. The molecule has 0 bridgehead atoms. The van der Waals surface area contributed by atoms with E-state index < -0.39 is 0 Å². The molecule has 1 fully saturated rings. The molecular weight excluding hydrogens is 270 g/mol. The molecule has 1 atom stereocenters. The van der Waals surface area contributed by atoms with E-state index in [1.807, 2.05) is 6.92 Å². The summed E-state index contributed by atoms with van der Waals surface area (Å²) in [5.41, 5.74) is 1.43. The van der Waals surface area contributed by atoms with Gasteiger partial charge in [-0.15, -0.1) is 0 Å². The van der Waals surface area contributed by atoms with Gasteiger partial charge in [0.15, 0.2) is 0 Å². The molecule has 2 heterocycles. The predicted molar refractivity (Wildman–Crippen MR) is 80.6 cm³/mol. The SMILES string of the molecule is CCCNc1cc(C(=O)NCC2COCCO2)cc(C)n1. The number of amides is 1. The number of nitrogens with zero attached hydrogens (tertiary/aromatic N) is 1. The minimum Gasteiger partial charge on any atom is -0.376 e. The molecule has 21 heavy (non-hydrogen) atoms. The summed E-state index contributed by atoms with van der Waals surface area (Å²) in [6.07, 6.45) is 0.944. The Kier molecular flexibility index (Phi) is 5.95. The summed E-state index contributed by atoms with van der Waals surface area (Å²) in [7, 11) is 0. The minimum absolute atomic E-state index is 0.0664. The second-order valence-electron chi connectivity index (χ2n) is 5.09. The third-order valence-corrected chi connectivity index (χ3v) is 3.15. The van der Waals surface area contributed by atoms with Crippen molar-refractivity contribution in [2.45, 2.75) is 26.4 Å². The lowest BCUT2D eigenvalue weighted by Crippen LogP contribution is -2.39. The van der Waals surface area contributed by atoms with Crippen LogP contribution in [0.25, 0.3) is 0 Å². The Hall–Kier alpha value is -1.66. The highest BCUT2D eigenvalue weighted by Gasteiger charge is 2.16.